The molecule has 0 radical (unpaired) electrons. The maximum Gasteiger partial charge on any atom is 0.264 e. The second-order valence-electron chi connectivity index (χ2n) is 4.67. The fraction of sp³-hybridized carbons (Fsp3) is 0.0667. The number of nitrogens with zero attached hydrogens (tertiary/aromatic N) is 1. The van der Waals surface area contributed by atoms with Crippen LogP contribution in [-0.4, -0.2) is 17.5 Å². The van der Waals surface area contributed by atoms with Crippen molar-refractivity contribution >= 4 is 83.3 Å². The minimum atomic E-state index is -0.349. The molecule has 0 aliphatic carbocycles. The van der Waals surface area contributed by atoms with Crippen molar-refractivity contribution in [1.82, 2.24) is 4.98 Å². The van der Waals surface area contributed by atoms with Crippen molar-refractivity contribution in [2.24, 2.45) is 0 Å². The van der Waals surface area contributed by atoms with Crippen molar-refractivity contribution in [3.05, 3.63) is 49.9 Å². The molecule has 124 valence electrons. The van der Waals surface area contributed by atoms with Crippen molar-refractivity contribution < 1.29 is 9.53 Å². The molecule has 4 nitrogen and oxygen atoms in total. The molecule has 0 atom stereocenters. The summed E-state index contributed by atoms with van der Waals surface area (Å²) in [7, 11) is 0. The molecule has 0 fully saturated rings. The van der Waals surface area contributed by atoms with E-state index in [9.17, 15) is 4.79 Å². The minimum Gasteiger partial charge on any atom is -0.481 e. The van der Waals surface area contributed by atoms with Gasteiger partial charge in [0.05, 0.1) is 19.7 Å². The Kier molecular flexibility index (Phi) is 5.52. The number of carbonyl (C=O) groups excluding carboxylic acids is 1. The number of ether oxygens (including phenoxy) is 1. The molecule has 1 amide bonds. The first kappa shape index (κ1) is 17.8. The standard InChI is InChI=1S/C15H8BrCl3N2O2S/c16-9-3-8(18)4-10(19)14(9)23-6-13(22)21-15-20-11-2-1-7(17)5-12(11)24-15/h1-5H,6H2,(H,20,21,22). The second-order valence-corrected chi connectivity index (χ2v) is 7.83. The smallest absolute Gasteiger partial charge is 0.264 e. The molecule has 3 aromatic rings. The summed E-state index contributed by atoms with van der Waals surface area (Å²) < 4.78 is 6.92. The fourth-order valence-electron chi connectivity index (χ4n) is 1.91. The summed E-state index contributed by atoms with van der Waals surface area (Å²) in [6.07, 6.45) is 0. The fourth-order valence-corrected chi connectivity index (χ4v) is 4.44. The molecule has 3 rings (SSSR count). The van der Waals surface area contributed by atoms with Crippen molar-refractivity contribution in [1.29, 1.82) is 0 Å². The Morgan fingerprint density at radius 2 is 2.00 bits per heavy atom. The number of nitrogens with one attached hydrogen (secondary N) is 1. The molecule has 0 saturated carbocycles. The minimum absolute atomic E-state index is 0.212. The van der Waals surface area contributed by atoms with Gasteiger partial charge in [0.2, 0.25) is 0 Å². The summed E-state index contributed by atoms with van der Waals surface area (Å²) in [6, 6.07) is 8.52. The Balaban J connectivity index is 1.67. The number of anilines is 1. The molecular formula is C15H8BrCl3N2O2S. The van der Waals surface area contributed by atoms with E-state index in [-0.39, 0.29) is 12.5 Å². The van der Waals surface area contributed by atoms with Gasteiger partial charge in [-0.2, -0.15) is 0 Å². The van der Waals surface area contributed by atoms with Gasteiger partial charge in [0.15, 0.2) is 17.5 Å². The van der Waals surface area contributed by atoms with E-state index < -0.39 is 0 Å². The normalized spacial score (nSPS) is 10.8. The van der Waals surface area contributed by atoms with E-state index in [4.69, 9.17) is 39.5 Å². The SMILES string of the molecule is O=C(COc1c(Cl)cc(Cl)cc1Br)Nc1nc2ccc(Cl)cc2s1. The number of halogens is 4. The highest BCUT2D eigenvalue weighted by molar-refractivity contribution is 9.10. The molecule has 9 heteroatoms. The number of amides is 1. The van der Waals surface area contributed by atoms with Gasteiger partial charge in [-0.25, -0.2) is 4.98 Å². The van der Waals surface area contributed by atoms with Gasteiger partial charge in [0.25, 0.3) is 5.91 Å². The number of fused-ring (bicyclic) bond motifs is 1. The van der Waals surface area contributed by atoms with Crippen LogP contribution in [-0.2, 0) is 4.79 Å². The van der Waals surface area contributed by atoms with E-state index in [0.717, 1.165) is 10.2 Å². The van der Waals surface area contributed by atoms with Gasteiger partial charge in [-0.1, -0.05) is 46.1 Å². The van der Waals surface area contributed by atoms with E-state index in [2.05, 4.69) is 26.2 Å². The molecule has 0 aliphatic heterocycles. The molecule has 2 aromatic carbocycles. The number of aromatic nitrogens is 1. The Morgan fingerprint density at radius 3 is 2.75 bits per heavy atom. The lowest BCUT2D eigenvalue weighted by Gasteiger charge is -2.10. The quantitative estimate of drug-likeness (QED) is 0.510. The maximum absolute atomic E-state index is 12.0. The molecule has 24 heavy (non-hydrogen) atoms. The van der Waals surface area contributed by atoms with Crippen molar-refractivity contribution in [2.45, 2.75) is 0 Å². The van der Waals surface area contributed by atoms with E-state index in [1.165, 1.54) is 11.3 Å². The zero-order valence-corrected chi connectivity index (χ0v) is 16.4. The first-order chi connectivity index (χ1) is 11.4. The third-order valence-electron chi connectivity index (χ3n) is 2.91. The largest absolute Gasteiger partial charge is 0.481 e. The van der Waals surface area contributed by atoms with Crippen molar-refractivity contribution in [3.8, 4) is 5.75 Å². The highest BCUT2D eigenvalue weighted by Crippen LogP contribution is 2.36. The zero-order valence-electron chi connectivity index (χ0n) is 11.8. The lowest BCUT2D eigenvalue weighted by atomic mass is 10.3. The van der Waals surface area contributed by atoms with Crippen LogP contribution in [0.25, 0.3) is 10.2 Å². The van der Waals surface area contributed by atoms with E-state index in [1.807, 2.05) is 0 Å². The van der Waals surface area contributed by atoms with Gasteiger partial charge in [-0.05, 0) is 46.3 Å². The number of benzene rings is 2. The lowest BCUT2D eigenvalue weighted by molar-refractivity contribution is -0.118. The monoisotopic (exact) mass is 464 g/mol. The number of hydrogen-bond acceptors (Lipinski definition) is 4. The molecule has 0 aliphatic rings. The first-order valence-corrected chi connectivity index (χ1v) is 9.30. The van der Waals surface area contributed by atoms with E-state index >= 15 is 0 Å². The zero-order chi connectivity index (χ0) is 17.3. The summed E-state index contributed by atoms with van der Waals surface area (Å²) >= 11 is 22.5. The van der Waals surface area contributed by atoms with Crippen LogP contribution in [0.4, 0.5) is 5.13 Å². The molecule has 0 unspecified atom stereocenters. The van der Waals surface area contributed by atoms with Crippen molar-refractivity contribution in [2.75, 3.05) is 11.9 Å². The molecule has 0 bridgehead atoms. The Hall–Kier alpha value is -1.05. The van der Waals surface area contributed by atoms with Crippen LogP contribution in [0.15, 0.2) is 34.8 Å². The highest BCUT2D eigenvalue weighted by Gasteiger charge is 2.13. The first-order valence-electron chi connectivity index (χ1n) is 6.55. The van der Waals surface area contributed by atoms with Gasteiger partial charge in [-0.15, -0.1) is 0 Å². The number of carbonyl (C=O) groups is 1. The van der Waals surface area contributed by atoms with Gasteiger partial charge >= 0.3 is 0 Å². The van der Waals surface area contributed by atoms with Crippen LogP contribution < -0.4 is 10.1 Å². The van der Waals surface area contributed by atoms with Crippen LogP contribution in [0.3, 0.4) is 0 Å². The molecule has 1 N–H and O–H groups in total. The summed E-state index contributed by atoms with van der Waals surface area (Å²) in [4.78, 5) is 16.4. The summed E-state index contributed by atoms with van der Waals surface area (Å²) in [6.45, 7) is -0.212. The predicted molar refractivity (Wildman–Crippen MR) is 103 cm³/mol. The lowest BCUT2D eigenvalue weighted by Crippen LogP contribution is -2.20. The summed E-state index contributed by atoms with van der Waals surface area (Å²) in [5.41, 5.74) is 0.768. The van der Waals surface area contributed by atoms with Crippen LogP contribution in [0.1, 0.15) is 0 Å². The molecule has 0 spiro atoms. The van der Waals surface area contributed by atoms with Crippen LogP contribution in [0, 0.1) is 0 Å². The topological polar surface area (TPSA) is 51.2 Å². The van der Waals surface area contributed by atoms with E-state index in [0.29, 0.717) is 30.4 Å². The number of rotatable bonds is 4. The Morgan fingerprint density at radius 1 is 1.21 bits per heavy atom. The van der Waals surface area contributed by atoms with Gasteiger partial charge in [0.1, 0.15) is 0 Å². The van der Waals surface area contributed by atoms with E-state index in [1.54, 1.807) is 30.3 Å². The summed E-state index contributed by atoms with van der Waals surface area (Å²) in [5.74, 6) is 0.00497. The van der Waals surface area contributed by atoms with Gasteiger partial charge in [0, 0.05) is 10.0 Å². The van der Waals surface area contributed by atoms with Gasteiger partial charge in [-0.3, -0.25) is 10.1 Å². The maximum atomic E-state index is 12.0. The van der Waals surface area contributed by atoms with Crippen molar-refractivity contribution in [3.63, 3.8) is 0 Å². The van der Waals surface area contributed by atoms with Crippen LogP contribution in [0.5, 0.6) is 5.75 Å². The Bertz CT molecular complexity index is 909. The third-order valence-corrected chi connectivity index (χ3v) is 5.16. The molecule has 0 saturated heterocycles. The van der Waals surface area contributed by atoms with Crippen LogP contribution >= 0.6 is 62.1 Å². The average molecular weight is 467 g/mol. The molecular weight excluding hydrogens is 459 g/mol. The Labute approximate surface area is 164 Å². The number of hydrogen-bond donors (Lipinski definition) is 1. The second kappa shape index (κ2) is 7.45. The summed E-state index contributed by atoms with van der Waals surface area (Å²) in [5, 5.41) is 4.57. The molecule has 1 aromatic heterocycles. The molecule has 1 heterocycles. The number of thiazole rings is 1. The average Bonchev–Trinajstić information content (AvgIpc) is 2.87. The van der Waals surface area contributed by atoms with Crippen LogP contribution in [0.2, 0.25) is 15.1 Å². The third kappa shape index (κ3) is 4.13. The predicted octanol–water partition coefficient (Wildman–Crippen LogP) is 6.04. The highest BCUT2D eigenvalue weighted by atomic mass is 79.9. The van der Waals surface area contributed by atoms with Gasteiger partial charge < -0.3 is 4.74 Å².